The van der Waals surface area contributed by atoms with Crippen LogP contribution in [-0.2, 0) is 27.5 Å². The lowest BCUT2D eigenvalue weighted by Crippen LogP contribution is -2.50. The van der Waals surface area contributed by atoms with Crippen molar-refractivity contribution in [1.82, 2.24) is 29.6 Å². The molecule has 41 heavy (non-hydrogen) atoms. The van der Waals surface area contributed by atoms with Gasteiger partial charge in [-0.25, -0.2) is 37.1 Å². The second-order valence-electron chi connectivity index (χ2n) is 10.5. The zero-order chi connectivity index (χ0) is 29.2. The van der Waals surface area contributed by atoms with Gasteiger partial charge in [-0.15, -0.1) is 0 Å². The largest absolute Gasteiger partial charge is 0.451 e. The minimum absolute atomic E-state index is 0.0629. The van der Waals surface area contributed by atoms with E-state index in [1.165, 1.54) is 6.07 Å². The molecule has 3 aromatic rings. The number of hydrogen-bond donors (Lipinski definition) is 1. The van der Waals surface area contributed by atoms with E-state index in [1.54, 1.807) is 0 Å². The van der Waals surface area contributed by atoms with Crippen LogP contribution < -0.4 is 5.32 Å². The smallest absolute Gasteiger partial charge is 0.349 e. The number of nitrogens with one attached hydrogen (secondary N) is 1. The first-order valence-electron chi connectivity index (χ1n) is 12.9. The van der Waals surface area contributed by atoms with Crippen LogP contribution in [0.1, 0.15) is 55.4 Å². The molecule has 3 heterocycles. The Morgan fingerprint density at radius 3 is 2.32 bits per heavy atom. The van der Waals surface area contributed by atoms with Crippen molar-refractivity contribution in [2.45, 2.75) is 73.4 Å². The highest BCUT2D eigenvalue weighted by molar-refractivity contribution is 7.89. The lowest BCUT2D eigenvalue weighted by atomic mass is 10.1. The topological polar surface area (TPSA) is 118 Å². The molecule has 3 fully saturated rings. The predicted molar refractivity (Wildman–Crippen MR) is 133 cm³/mol. The highest BCUT2D eigenvalue weighted by atomic mass is 32.2. The van der Waals surface area contributed by atoms with Gasteiger partial charge >= 0.3 is 6.18 Å². The fourth-order valence-electron chi connectivity index (χ4n) is 5.14. The van der Waals surface area contributed by atoms with Crippen LogP contribution in [0.3, 0.4) is 0 Å². The van der Waals surface area contributed by atoms with Crippen molar-refractivity contribution in [2.75, 3.05) is 0 Å². The molecule has 2 atom stereocenters. The van der Waals surface area contributed by atoms with Crippen molar-refractivity contribution in [2.24, 2.45) is 0 Å². The molecule has 1 spiro atoms. The van der Waals surface area contributed by atoms with Gasteiger partial charge in [0.1, 0.15) is 23.9 Å². The zero-order valence-corrected chi connectivity index (χ0v) is 22.1. The van der Waals surface area contributed by atoms with E-state index in [9.17, 15) is 30.8 Å². The number of rotatable bonds is 7. The molecule has 1 saturated heterocycles. The minimum atomic E-state index is -4.70. The van der Waals surface area contributed by atoms with Crippen molar-refractivity contribution in [3.63, 3.8) is 0 Å². The quantitative estimate of drug-likeness (QED) is 0.412. The minimum Gasteiger partial charge on any atom is -0.349 e. The van der Waals surface area contributed by atoms with Gasteiger partial charge in [0.2, 0.25) is 21.8 Å². The number of halogens is 5. The molecule has 3 aliphatic rings. The molecule has 1 N–H and O–H groups in total. The summed E-state index contributed by atoms with van der Waals surface area (Å²) in [5, 5.41) is 2.64. The number of sulfonamides is 1. The van der Waals surface area contributed by atoms with E-state index in [2.05, 4.69) is 25.3 Å². The molecule has 0 radical (unpaired) electrons. The summed E-state index contributed by atoms with van der Waals surface area (Å²) >= 11 is 0. The normalized spacial score (nSPS) is 22.2. The summed E-state index contributed by atoms with van der Waals surface area (Å²) in [5.41, 5.74) is -0.506. The first kappa shape index (κ1) is 27.6. The summed E-state index contributed by atoms with van der Waals surface area (Å²) in [4.78, 5) is 28.7. The number of carbonyl (C=O) groups excluding carboxylic acids is 1. The third-order valence-corrected chi connectivity index (χ3v) is 9.56. The molecular weight excluding hydrogens is 571 g/mol. The summed E-state index contributed by atoms with van der Waals surface area (Å²) in [6, 6.07) is 4.25. The molecule has 2 saturated carbocycles. The maximum Gasteiger partial charge on any atom is 0.451 e. The Kier molecular flexibility index (Phi) is 6.56. The molecule has 1 amide bonds. The molecular formula is C26H23F5N6O3S. The van der Waals surface area contributed by atoms with Crippen LogP contribution in [0.25, 0.3) is 11.3 Å². The Morgan fingerprint density at radius 1 is 1.07 bits per heavy atom. The van der Waals surface area contributed by atoms with Gasteiger partial charge in [0.15, 0.2) is 0 Å². The number of aromatic nitrogens is 4. The Balaban J connectivity index is 1.24. The average molecular weight is 595 g/mol. The van der Waals surface area contributed by atoms with Crippen LogP contribution in [0.15, 0.2) is 47.6 Å². The standard InChI is InChI=1S/C26H23F5N6O3S/c27-16-3-5-18(6-4-16)41(39,40)37-20(10-21(28)25(37)7-8-25)23(38)32-13-17-9-19(36-22(35-17)14-1-2-14)15-11-33-24(34-12-15)26(29,30)31/h3-6,9,11-12,14,20-21H,1-2,7-8,10,13H2,(H,32,38)/t20-,21+/m0/s1. The van der Waals surface area contributed by atoms with Gasteiger partial charge in [-0.3, -0.25) is 4.79 Å². The predicted octanol–water partition coefficient (Wildman–Crippen LogP) is 3.92. The van der Waals surface area contributed by atoms with E-state index in [0.29, 0.717) is 11.5 Å². The van der Waals surface area contributed by atoms with E-state index < -0.39 is 51.5 Å². The van der Waals surface area contributed by atoms with Crippen molar-refractivity contribution >= 4 is 15.9 Å². The number of carbonyl (C=O) groups is 1. The van der Waals surface area contributed by atoms with Crippen LogP contribution in [-0.4, -0.2) is 56.3 Å². The number of hydrogen-bond acceptors (Lipinski definition) is 7. The Labute approximate surface area is 231 Å². The van der Waals surface area contributed by atoms with Crippen LogP contribution in [0.5, 0.6) is 0 Å². The molecule has 216 valence electrons. The average Bonchev–Trinajstić information content (AvgIpc) is 3.86. The fourth-order valence-corrected chi connectivity index (χ4v) is 7.14. The van der Waals surface area contributed by atoms with Crippen molar-refractivity contribution in [3.8, 4) is 11.3 Å². The van der Waals surface area contributed by atoms with Gasteiger partial charge in [0.25, 0.3) is 0 Å². The fraction of sp³-hybridized carbons (Fsp3) is 0.423. The van der Waals surface area contributed by atoms with Crippen molar-refractivity contribution in [1.29, 1.82) is 0 Å². The van der Waals surface area contributed by atoms with Gasteiger partial charge in [0.05, 0.1) is 28.4 Å². The van der Waals surface area contributed by atoms with E-state index in [0.717, 1.165) is 53.8 Å². The highest BCUT2D eigenvalue weighted by Gasteiger charge is 2.67. The van der Waals surface area contributed by atoms with Crippen molar-refractivity contribution in [3.05, 3.63) is 65.9 Å². The van der Waals surface area contributed by atoms with Gasteiger partial charge in [-0.1, -0.05) is 0 Å². The van der Waals surface area contributed by atoms with Crippen LogP contribution >= 0.6 is 0 Å². The monoisotopic (exact) mass is 594 g/mol. The van der Waals surface area contributed by atoms with Gasteiger partial charge < -0.3 is 5.32 Å². The van der Waals surface area contributed by atoms with Crippen molar-refractivity contribution < 1.29 is 35.2 Å². The third kappa shape index (κ3) is 5.16. The zero-order valence-electron chi connectivity index (χ0n) is 21.3. The lowest BCUT2D eigenvalue weighted by Gasteiger charge is -2.29. The van der Waals surface area contributed by atoms with E-state index in [4.69, 9.17) is 0 Å². The molecule has 1 aliphatic heterocycles. The first-order valence-corrected chi connectivity index (χ1v) is 14.3. The molecule has 6 rings (SSSR count). The van der Waals surface area contributed by atoms with E-state index in [1.807, 2.05) is 0 Å². The molecule has 2 aliphatic carbocycles. The van der Waals surface area contributed by atoms with Crippen LogP contribution in [0, 0.1) is 5.82 Å². The molecule has 2 aromatic heterocycles. The SMILES string of the molecule is O=C(NCc1cc(-c2cnc(C(F)(F)F)nc2)nc(C2CC2)n1)[C@@H]1C[C@@H](F)C2(CC2)N1S(=O)(=O)c1ccc(F)cc1. The number of amides is 1. The maximum absolute atomic E-state index is 15.1. The maximum atomic E-state index is 15.1. The van der Waals surface area contributed by atoms with Crippen LogP contribution in [0.4, 0.5) is 22.0 Å². The number of benzene rings is 1. The summed E-state index contributed by atoms with van der Waals surface area (Å²) in [5.74, 6) is -2.14. The molecule has 0 bridgehead atoms. The Morgan fingerprint density at radius 2 is 1.73 bits per heavy atom. The number of alkyl halides is 4. The Hall–Kier alpha value is -3.59. The summed E-state index contributed by atoms with van der Waals surface area (Å²) in [6.45, 7) is -0.166. The first-order chi connectivity index (χ1) is 19.4. The molecule has 0 unspecified atom stereocenters. The third-order valence-electron chi connectivity index (χ3n) is 7.55. The van der Waals surface area contributed by atoms with E-state index in [-0.39, 0.29) is 47.9 Å². The molecule has 15 heteroatoms. The van der Waals surface area contributed by atoms with E-state index >= 15 is 4.39 Å². The second-order valence-corrected chi connectivity index (χ2v) is 12.3. The lowest BCUT2D eigenvalue weighted by molar-refractivity contribution is -0.145. The number of nitrogens with zero attached hydrogens (tertiary/aromatic N) is 5. The Bertz CT molecular complexity index is 1590. The molecule has 9 nitrogen and oxygen atoms in total. The van der Waals surface area contributed by atoms with Gasteiger partial charge in [-0.2, -0.15) is 17.5 Å². The summed E-state index contributed by atoms with van der Waals surface area (Å²) in [7, 11) is -4.33. The van der Waals surface area contributed by atoms with Crippen LogP contribution in [0.2, 0.25) is 0 Å². The summed E-state index contributed by atoms with van der Waals surface area (Å²) in [6.07, 6.45) is -2.41. The van der Waals surface area contributed by atoms with Gasteiger partial charge in [-0.05, 0) is 56.0 Å². The highest BCUT2D eigenvalue weighted by Crippen LogP contribution is 2.55. The summed E-state index contributed by atoms with van der Waals surface area (Å²) < 4.78 is 95.2. The second kappa shape index (κ2) is 9.76. The molecule has 1 aromatic carbocycles. The van der Waals surface area contributed by atoms with Gasteiger partial charge in [0, 0.05) is 30.3 Å².